The molecule has 0 unspecified atom stereocenters. The first-order valence-electron chi connectivity index (χ1n) is 7.23. The lowest BCUT2D eigenvalue weighted by Crippen LogP contribution is -2.34. The number of halogens is 1. The lowest BCUT2D eigenvalue weighted by atomic mass is 10.2. The number of hydrogen-bond donors (Lipinski definition) is 1. The van der Waals surface area contributed by atoms with Gasteiger partial charge in [0.15, 0.2) is 0 Å². The highest BCUT2D eigenvalue weighted by molar-refractivity contribution is 6.30. The molecule has 0 saturated heterocycles. The van der Waals surface area contributed by atoms with Gasteiger partial charge in [0.05, 0.1) is 6.54 Å². The number of benzene rings is 2. The van der Waals surface area contributed by atoms with E-state index in [0.29, 0.717) is 10.6 Å². The minimum absolute atomic E-state index is 0.0316. The predicted molar refractivity (Wildman–Crippen MR) is 89.0 cm³/mol. The fourth-order valence-corrected chi connectivity index (χ4v) is 2.44. The Hall–Kier alpha value is -2.92. The van der Waals surface area contributed by atoms with E-state index in [1.54, 1.807) is 24.3 Å². The van der Waals surface area contributed by atoms with Crippen LogP contribution in [-0.2, 0) is 16.1 Å². The lowest BCUT2D eigenvalue weighted by Gasteiger charge is -2.15. The standard InChI is InChI=1S/C18H13ClN2O3/c19-14-8-6-13(7-9-14)17(23)20-15-10-16(22)21(18(15)24)11-12-4-2-1-3-5-12/h1-10H,11H2,(H,20,23). The Morgan fingerprint density at radius 1 is 1.00 bits per heavy atom. The summed E-state index contributed by atoms with van der Waals surface area (Å²) in [5.41, 5.74) is 1.15. The molecule has 24 heavy (non-hydrogen) atoms. The highest BCUT2D eigenvalue weighted by Crippen LogP contribution is 2.16. The summed E-state index contributed by atoms with van der Waals surface area (Å²) < 4.78 is 0. The van der Waals surface area contributed by atoms with Crippen LogP contribution in [0, 0.1) is 0 Å². The number of carbonyl (C=O) groups is 3. The number of nitrogens with zero attached hydrogens (tertiary/aromatic N) is 1. The smallest absolute Gasteiger partial charge is 0.277 e. The maximum Gasteiger partial charge on any atom is 0.277 e. The zero-order chi connectivity index (χ0) is 17.1. The summed E-state index contributed by atoms with van der Waals surface area (Å²) in [5, 5.41) is 2.98. The molecule has 0 saturated carbocycles. The van der Waals surface area contributed by atoms with Gasteiger partial charge in [0.25, 0.3) is 17.7 Å². The Bertz CT molecular complexity index is 829. The van der Waals surface area contributed by atoms with Gasteiger partial charge in [-0.25, -0.2) is 0 Å². The summed E-state index contributed by atoms with van der Waals surface area (Å²) in [6.07, 6.45) is 1.14. The zero-order valence-electron chi connectivity index (χ0n) is 12.5. The molecule has 2 aromatic rings. The molecule has 3 amide bonds. The third-order valence-electron chi connectivity index (χ3n) is 3.55. The third-order valence-corrected chi connectivity index (χ3v) is 3.80. The van der Waals surface area contributed by atoms with Gasteiger partial charge < -0.3 is 5.32 Å². The highest BCUT2D eigenvalue weighted by atomic mass is 35.5. The maximum absolute atomic E-state index is 12.3. The summed E-state index contributed by atoms with van der Waals surface area (Å²) >= 11 is 5.78. The van der Waals surface area contributed by atoms with Crippen molar-refractivity contribution in [2.24, 2.45) is 0 Å². The Morgan fingerprint density at radius 3 is 2.33 bits per heavy atom. The third kappa shape index (κ3) is 3.36. The molecule has 120 valence electrons. The fourth-order valence-electron chi connectivity index (χ4n) is 2.31. The second-order valence-electron chi connectivity index (χ2n) is 5.23. The van der Waals surface area contributed by atoms with E-state index in [2.05, 4.69) is 5.32 Å². The van der Waals surface area contributed by atoms with Gasteiger partial charge in [0.2, 0.25) is 0 Å². The van der Waals surface area contributed by atoms with Crippen molar-refractivity contribution in [2.75, 3.05) is 0 Å². The van der Waals surface area contributed by atoms with Crippen LogP contribution >= 0.6 is 11.6 Å². The Labute approximate surface area is 143 Å². The van der Waals surface area contributed by atoms with E-state index in [0.717, 1.165) is 16.5 Å². The molecule has 5 nitrogen and oxygen atoms in total. The topological polar surface area (TPSA) is 66.5 Å². The van der Waals surface area contributed by atoms with Crippen LogP contribution in [-0.4, -0.2) is 22.6 Å². The number of hydrogen-bond acceptors (Lipinski definition) is 3. The van der Waals surface area contributed by atoms with E-state index in [1.807, 2.05) is 30.3 Å². The van der Waals surface area contributed by atoms with Gasteiger partial charge in [0.1, 0.15) is 5.70 Å². The van der Waals surface area contributed by atoms with Crippen molar-refractivity contribution in [3.63, 3.8) is 0 Å². The van der Waals surface area contributed by atoms with Crippen molar-refractivity contribution >= 4 is 29.3 Å². The van der Waals surface area contributed by atoms with Crippen LogP contribution in [0.4, 0.5) is 0 Å². The average Bonchev–Trinajstić information content (AvgIpc) is 2.84. The van der Waals surface area contributed by atoms with Gasteiger partial charge in [0, 0.05) is 16.7 Å². The average molecular weight is 341 g/mol. The van der Waals surface area contributed by atoms with Gasteiger partial charge in [-0.1, -0.05) is 41.9 Å². The normalized spacial score (nSPS) is 13.9. The van der Waals surface area contributed by atoms with Crippen LogP contribution < -0.4 is 5.32 Å². The van der Waals surface area contributed by atoms with E-state index < -0.39 is 17.7 Å². The van der Waals surface area contributed by atoms with Crippen LogP contribution in [0.5, 0.6) is 0 Å². The highest BCUT2D eigenvalue weighted by Gasteiger charge is 2.32. The molecule has 0 aromatic heterocycles. The van der Waals surface area contributed by atoms with Crippen molar-refractivity contribution in [2.45, 2.75) is 6.54 Å². The summed E-state index contributed by atoms with van der Waals surface area (Å²) in [4.78, 5) is 37.6. The molecular weight excluding hydrogens is 328 g/mol. The molecule has 0 aliphatic carbocycles. The molecule has 0 atom stereocenters. The first-order chi connectivity index (χ1) is 11.5. The summed E-state index contributed by atoms with van der Waals surface area (Å²) in [5.74, 6) is -1.44. The molecule has 2 aromatic carbocycles. The SMILES string of the molecule is O=C(NC1=CC(=O)N(Cc2ccccc2)C1=O)c1ccc(Cl)cc1. The van der Waals surface area contributed by atoms with Gasteiger partial charge in [-0.15, -0.1) is 0 Å². The first-order valence-corrected chi connectivity index (χ1v) is 7.61. The Balaban J connectivity index is 1.70. The van der Waals surface area contributed by atoms with Crippen molar-refractivity contribution in [1.29, 1.82) is 0 Å². The van der Waals surface area contributed by atoms with E-state index in [1.165, 1.54) is 0 Å². The number of rotatable bonds is 4. The van der Waals surface area contributed by atoms with Gasteiger partial charge in [-0.2, -0.15) is 0 Å². The quantitative estimate of drug-likeness (QED) is 0.870. The van der Waals surface area contributed by atoms with Crippen molar-refractivity contribution < 1.29 is 14.4 Å². The van der Waals surface area contributed by atoms with Crippen LogP contribution in [0.3, 0.4) is 0 Å². The lowest BCUT2D eigenvalue weighted by molar-refractivity contribution is -0.138. The first kappa shape index (κ1) is 16.0. The zero-order valence-corrected chi connectivity index (χ0v) is 13.3. The molecule has 0 fully saturated rings. The number of imide groups is 1. The van der Waals surface area contributed by atoms with Crippen LogP contribution in [0.2, 0.25) is 5.02 Å². The monoisotopic (exact) mass is 340 g/mol. The van der Waals surface area contributed by atoms with Crippen molar-refractivity contribution in [1.82, 2.24) is 10.2 Å². The van der Waals surface area contributed by atoms with E-state index in [9.17, 15) is 14.4 Å². The predicted octanol–water partition coefficient (Wildman–Crippen LogP) is 2.52. The van der Waals surface area contributed by atoms with E-state index in [4.69, 9.17) is 11.6 Å². The molecule has 0 bridgehead atoms. The van der Waals surface area contributed by atoms with Crippen LogP contribution in [0.1, 0.15) is 15.9 Å². The summed E-state index contributed by atoms with van der Waals surface area (Å²) in [7, 11) is 0. The van der Waals surface area contributed by atoms with Gasteiger partial charge in [-0.05, 0) is 29.8 Å². The minimum Gasteiger partial charge on any atom is -0.317 e. The van der Waals surface area contributed by atoms with Crippen molar-refractivity contribution in [3.8, 4) is 0 Å². The second kappa shape index (κ2) is 6.68. The Kier molecular flexibility index (Phi) is 4.44. The second-order valence-corrected chi connectivity index (χ2v) is 5.67. The molecule has 1 aliphatic heterocycles. The fraction of sp³-hybridized carbons (Fsp3) is 0.0556. The van der Waals surface area contributed by atoms with Gasteiger partial charge >= 0.3 is 0 Å². The maximum atomic E-state index is 12.3. The van der Waals surface area contributed by atoms with Crippen LogP contribution in [0.25, 0.3) is 0 Å². The van der Waals surface area contributed by atoms with E-state index in [-0.39, 0.29) is 12.2 Å². The van der Waals surface area contributed by atoms with E-state index >= 15 is 0 Å². The van der Waals surface area contributed by atoms with Crippen molar-refractivity contribution in [3.05, 3.63) is 82.5 Å². The molecule has 3 rings (SSSR count). The minimum atomic E-state index is -0.522. The number of amides is 3. The van der Waals surface area contributed by atoms with Gasteiger partial charge in [-0.3, -0.25) is 19.3 Å². The molecular formula is C18H13ClN2O3. The number of nitrogens with one attached hydrogen (secondary N) is 1. The molecule has 0 radical (unpaired) electrons. The molecule has 6 heteroatoms. The largest absolute Gasteiger partial charge is 0.317 e. The molecule has 0 spiro atoms. The molecule has 1 aliphatic rings. The molecule has 1 N–H and O–H groups in total. The molecule has 1 heterocycles. The summed E-state index contributed by atoms with van der Waals surface area (Å²) in [6.45, 7) is 0.162. The number of carbonyl (C=O) groups excluding carboxylic acids is 3. The Morgan fingerprint density at radius 2 is 1.67 bits per heavy atom. The van der Waals surface area contributed by atoms with Crippen LogP contribution in [0.15, 0.2) is 66.4 Å². The summed E-state index contributed by atoms with van der Waals surface area (Å²) in [6, 6.07) is 15.4.